The maximum absolute atomic E-state index is 3.50. The number of rotatable bonds is 5. The lowest BCUT2D eigenvalue weighted by molar-refractivity contribution is 0.103. The molecule has 0 bridgehead atoms. The fraction of sp³-hybridized carbons (Fsp3) is 1.00. The quantitative estimate of drug-likeness (QED) is 0.775. The van der Waals surface area contributed by atoms with E-state index in [1.807, 2.05) is 0 Å². The van der Waals surface area contributed by atoms with Crippen molar-refractivity contribution in [3.8, 4) is 0 Å². The molecular weight excluding hydrogens is 196 g/mol. The van der Waals surface area contributed by atoms with Crippen molar-refractivity contribution in [2.75, 3.05) is 20.6 Å². The number of nitrogens with one attached hydrogen (secondary N) is 1. The summed E-state index contributed by atoms with van der Waals surface area (Å²) in [5.74, 6) is 0.842. The largest absolute Gasteiger partial charge is 0.317 e. The molecule has 0 spiro atoms. The van der Waals surface area contributed by atoms with Gasteiger partial charge in [0, 0.05) is 18.1 Å². The number of hydrogen-bond acceptors (Lipinski definition) is 2. The standard InChI is InChI=1S/C14H30N2/c1-6-14(2,3)16(5)11-12-9-7-8-10-13(12)15-4/h12-13,15H,6-11H2,1-5H3. The van der Waals surface area contributed by atoms with Crippen molar-refractivity contribution in [1.29, 1.82) is 0 Å². The van der Waals surface area contributed by atoms with Crippen LogP contribution in [0.2, 0.25) is 0 Å². The third-order valence-corrected chi connectivity index (χ3v) is 4.69. The molecule has 1 saturated carbocycles. The van der Waals surface area contributed by atoms with Gasteiger partial charge in [0.2, 0.25) is 0 Å². The van der Waals surface area contributed by atoms with E-state index in [9.17, 15) is 0 Å². The first-order valence-corrected chi connectivity index (χ1v) is 6.89. The van der Waals surface area contributed by atoms with Crippen LogP contribution in [0.1, 0.15) is 52.9 Å². The van der Waals surface area contributed by atoms with Crippen molar-refractivity contribution in [3.63, 3.8) is 0 Å². The minimum Gasteiger partial charge on any atom is -0.317 e. The molecule has 1 N–H and O–H groups in total. The van der Waals surface area contributed by atoms with Gasteiger partial charge in [0.15, 0.2) is 0 Å². The lowest BCUT2D eigenvalue weighted by Gasteiger charge is -2.40. The van der Waals surface area contributed by atoms with Crippen LogP contribution in [-0.4, -0.2) is 37.1 Å². The molecule has 0 saturated heterocycles. The van der Waals surface area contributed by atoms with E-state index in [2.05, 4.69) is 45.1 Å². The van der Waals surface area contributed by atoms with E-state index in [0.717, 1.165) is 12.0 Å². The third kappa shape index (κ3) is 3.46. The third-order valence-electron chi connectivity index (χ3n) is 4.69. The van der Waals surface area contributed by atoms with Gasteiger partial charge < -0.3 is 10.2 Å². The highest BCUT2D eigenvalue weighted by Gasteiger charge is 2.29. The van der Waals surface area contributed by atoms with Crippen LogP contribution in [0.5, 0.6) is 0 Å². The summed E-state index contributed by atoms with van der Waals surface area (Å²) in [7, 11) is 4.40. The molecule has 0 radical (unpaired) electrons. The molecule has 2 heteroatoms. The van der Waals surface area contributed by atoms with Crippen molar-refractivity contribution in [2.45, 2.75) is 64.5 Å². The highest BCUT2D eigenvalue weighted by molar-refractivity contribution is 4.85. The summed E-state index contributed by atoms with van der Waals surface area (Å²) in [4.78, 5) is 2.55. The Kier molecular flexibility index (Phi) is 5.26. The van der Waals surface area contributed by atoms with Crippen molar-refractivity contribution in [3.05, 3.63) is 0 Å². The Hall–Kier alpha value is -0.0800. The molecule has 2 nitrogen and oxygen atoms in total. The first kappa shape index (κ1) is 14.0. The van der Waals surface area contributed by atoms with E-state index in [0.29, 0.717) is 5.54 Å². The zero-order valence-electron chi connectivity index (χ0n) is 11.8. The van der Waals surface area contributed by atoms with Gasteiger partial charge >= 0.3 is 0 Å². The van der Waals surface area contributed by atoms with Gasteiger partial charge in [0.25, 0.3) is 0 Å². The fourth-order valence-electron chi connectivity index (χ4n) is 2.68. The zero-order chi connectivity index (χ0) is 12.2. The molecule has 1 rings (SSSR count). The van der Waals surface area contributed by atoms with E-state index >= 15 is 0 Å². The second kappa shape index (κ2) is 6.02. The summed E-state index contributed by atoms with van der Waals surface area (Å²) in [6, 6.07) is 0.740. The Labute approximate surface area is 102 Å². The van der Waals surface area contributed by atoms with Gasteiger partial charge in [0.1, 0.15) is 0 Å². The van der Waals surface area contributed by atoms with Crippen LogP contribution < -0.4 is 5.32 Å². The molecule has 0 aromatic heterocycles. The van der Waals surface area contributed by atoms with Crippen LogP contribution in [0.3, 0.4) is 0 Å². The smallest absolute Gasteiger partial charge is 0.0147 e. The van der Waals surface area contributed by atoms with E-state index < -0.39 is 0 Å². The maximum atomic E-state index is 3.50. The molecule has 2 atom stereocenters. The van der Waals surface area contributed by atoms with Crippen molar-refractivity contribution < 1.29 is 0 Å². The minimum atomic E-state index is 0.343. The maximum Gasteiger partial charge on any atom is 0.0147 e. The summed E-state index contributed by atoms with van der Waals surface area (Å²) in [6.07, 6.45) is 6.81. The van der Waals surface area contributed by atoms with Gasteiger partial charge in [-0.1, -0.05) is 19.8 Å². The molecule has 0 amide bonds. The van der Waals surface area contributed by atoms with Gasteiger partial charge in [-0.3, -0.25) is 0 Å². The Morgan fingerprint density at radius 2 is 1.88 bits per heavy atom. The van der Waals surface area contributed by atoms with Crippen molar-refractivity contribution in [2.24, 2.45) is 5.92 Å². The summed E-state index contributed by atoms with van der Waals surface area (Å²) in [5, 5.41) is 3.50. The van der Waals surface area contributed by atoms with Crippen LogP contribution in [0.15, 0.2) is 0 Å². The van der Waals surface area contributed by atoms with Crippen molar-refractivity contribution >= 4 is 0 Å². The van der Waals surface area contributed by atoms with Crippen LogP contribution in [0.25, 0.3) is 0 Å². The summed E-state index contributed by atoms with van der Waals surface area (Å²) in [5.41, 5.74) is 0.343. The Bertz CT molecular complexity index is 201. The molecular formula is C14H30N2. The lowest BCUT2D eigenvalue weighted by Crippen LogP contribution is -2.48. The Morgan fingerprint density at radius 3 is 2.44 bits per heavy atom. The molecule has 0 heterocycles. The van der Waals surface area contributed by atoms with E-state index in [1.165, 1.54) is 38.6 Å². The average molecular weight is 226 g/mol. The first-order chi connectivity index (χ1) is 7.51. The SMILES string of the molecule is CCC(C)(C)N(C)CC1CCCCC1NC. The van der Waals surface area contributed by atoms with Gasteiger partial charge in [-0.15, -0.1) is 0 Å². The van der Waals surface area contributed by atoms with Crippen LogP contribution in [0, 0.1) is 5.92 Å². The zero-order valence-corrected chi connectivity index (χ0v) is 11.8. The molecule has 0 aromatic rings. The molecule has 0 aliphatic heterocycles. The van der Waals surface area contributed by atoms with Gasteiger partial charge in [-0.05, 0) is 53.1 Å². The lowest BCUT2D eigenvalue weighted by atomic mass is 9.83. The highest BCUT2D eigenvalue weighted by atomic mass is 15.2. The van der Waals surface area contributed by atoms with Crippen LogP contribution in [-0.2, 0) is 0 Å². The molecule has 0 aromatic carbocycles. The predicted molar refractivity (Wildman–Crippen MR) is 71.8 cm³/mol. The Balaban J connectivity index is 2.51. The second-order valence-corrected chi connectivity index (χ2v) is 5.99. The highest BCUT2D eigenvalue weighted by Crippen LogP contribution is 2.27. The topological polar surface area (TPSA) is 15.3 Å². The molecule has 16 heavy (non-hydrogen) atoms. The van der Waals surface area contributed by atoms with E-state index in [4.69, 9.17) is 0 Å². The molecule has 96 valence electrons. The Morgan fingerprint density at radius 1 is 1.25 bits per heavy atom. The van der Waals surface area contributed by atoms with Gasteiger partial charge in [-0.25, -0.2) is 0 Å². The fourth-order valence-corrected chi connectivity index (χ4v) is 2.68. The second-order valence-electron chi connectivity index (χ2n) is 5.99. The molecule has 1 aliphatic rings. The minimum absolute atomic E-state index is 0.343. The summed E-state index contributed by atoms with van der Waals surface area (Å²) < 4.78 is 0. The average Bonchev–Trinajstić information content (AvgIpc) is 2.29. The molecule has 2 unspecified atom stereocenters. The first-order valence-electron chi connectivity index (χ1n) is 6.89. The normalized spacial score (nSPS) is 27.4. The summed E-state index contributed by atoms with van der Waals surface area (Å²) in [6.45, 7) is 8.23. The van der Waals surface area contributed by atoms with E-state index in [-0.39, 0.29) is 0 Å². The van der Waals surface area contributed by atoms with Crippen molar-refractivity contribution in [1.82, 2.24) is 10.2 Å². The van der Waals surface area contributed by atoms with E-state index in [1.54, 1.807) is 0 Å². The van der Waals surface area contributed by atoms with Crippen LogP contribution >= 0.6 is 0 Å². The van der Waals surface area contributed by atoms with Gasteiger partial charge in [-0.2, -0.15) is 0 Å². The monoisotopic (exact) mass is 226 g/mol. The van der Waals surface area contributed by atoms with Gasteiger partial charge in [0.05, 0.1) is 0 Å². The molecule has 1 fully saturated rings. The predicted octanol–water partition coefficient (Wildman–Crippen LogP) is 2.89. The summed E-state index contributed by atoms with van der Waals surface area (Å²) >= 11 is 0. The number of hydrogen-bond donors (Lipinski definition) is 1. The van der Waals surface area contributed by atoms with Crippen LogP contribution in [0.4, 0.5) is 0 Å². The molecule has 1 aliphatic carbocycles. The number of nitrogens with zero attached hydrogens (tertiary/aromatic N) is 1.